The fourth-order valence-corrected chi connectivity index (χ4v) is 1.72. The van der Waals surface area contributed by atoms with Crippen LogP contribution >= 0.6 is 27.5 Å². The average molecular weight is 235 g/mol. The van der Waals surface area contributed by atoms with Gasteiger partial charge in [0, 0.05) is 15.5 Å². The van der Waals surface area contributed by atoms with E-state index < -0.39 is 0 Å². The maximum Gasteiger partial charge on any atom is 0.0420 e. The van der Waals surface area contributed by atoms with E-state index in [0.29, 0.717) is 5.02 Å². The van der Waals surface area contributed by atoms with Crippen molar-refractivity contribution in [1.82, 2.24) is 0 Å². The molecule has 0 unspecified atom stereocenters. The summed E-state index contributed by atoms with van der Waals surface area (Å²) in [6.07, 6.45) is 0. The Labute approximate surface area is 79.7 Å². The summed E-state index contributed by atoms with van der Waals surface area (Å²) in [6, 6.07) is 5.71. The molecule has 0 aliphatic heterocycles. The highest BCUT2D eigenvalue weighted by molar-refractivity contribution is 9.10. The molecule has 1 nitrogen and oxygen atoms in total. The molecule has 0 aromatic heterocycles. The fourth-order valence-electron chi connectivity index (χ4n) is 0.838. The molecule has 1 rings (SSSR count). The molecule has 0 amide bonds. The van der Waals surface area contributed by atoms with Crippen molar-refractivity contribution in [3.8, 4) is 0 Å². The lowest BCUT2D eigenvalue weighted by atomic mass is 10.1. The average Bonchev–Trinajstić information content (AvgIpc) is 1.85. The summed E-state index contributed by atoms with van der Waals surface area (Å²) in [7, 11) is 0. The molecule has 11 heavy (non-hydrogen) atoms. The van der Waals surface area contributed by atoms with Crippen LogP contribution < -0.4 is 5.73 Å². The standard InChI is InChI=1S/C8H9BrClN/c1-5(11)6-2-7(9)4-8(10)3-6/h2-5H,11H2,1H3/t5-/m0/s1. The summed E-state index contributed by atoms with van der Waals surface area (Å²) < 4.78 is 0.970. The Balaban J connectivity index is 3.08. The second kappa shape index (κ2) is 3.57. The van der Waals surface area contributed by atoms with Gasteiger partial charge in [0.25, 0.3) is 0 Å². The predicted molar refractivity (Wildman–Crippen MR) is 51.8 cm³/mol. The minimum absolute atomic E-state index is 0.0324. The van der Waals surface area contributed by atoms with Crippen molar-refractivity contribution < 1.29 is 0 Å². The summed E-state index contributed by atoms with van der Waals surface area (Å²) in [5.74, 6) is 0. The summed E-state index contributed by atoms with van der Waals surface area (Å²) >= 11 is 9.15. The monoisotopic (exact) mass is 233 g/mol. The molecule has 0 fully saturated rings. The van der Waals surface area contributed by atoms with E-state index in [2.05, 4.69) is 15.9 Å². The topological polar surface area (TPSA) is 26.0 Å². The minimum Gasteiger partial charge on any atom is -0.324 e. The van der Waals surface area contributed by atoms with Crippen molar-refractivity contribution in [2.45, 2.75) is 13.0 Å². The first-order valence-corrected chi connectivity index (χ1v) is 4.48. The van der Waals surface area contributed by atoms with E-state index >= 15 is 0 Å². The summed E-state index contributed by atoms with van der Waals surface area (Å²) in [6.45, 7) is 1.93. The van der Waals surface area contributed by atoms with Crippen LogP contribution in [0.4, 0.5) is 0 Å². The van der Waals surface area contributed by atoms with Gasteiger partial charge < -0.3 is 5.73 Å². The van der Waals surface area contributed by atoms with Gasteiger partial charge in [-0.3, -0.25) is 0 Å². The molecule has 1 aromatic carbocycles. The molecule has 0 spiro atoms. The van der Waals surface area contributed by atoms with Crippen LogP contribution in [0, 0.1) is 0 Å². The van der Waals surface area contributed by atoms with Crippen LogP contribution in [-0.4, -0.2) is 0 Å². The first-order chi connectivity index (χ1) is 5.09. The van der Waals surface area contributed by atoms with E-state index in [9.17, 15) is 0 Å². The lowest BCUT2D eigenvalue weighted by molar-refractivity contribution is 0.817. The maximum atomic E-state index is 5.81. The third kappa shape index (κ3) is 2.47. The van der Waals surface area contributed by atoms with Gasteiger partial charge in [-0.15, -0.1) is 0 Å². The minimum atomic E-state index is 0.0324. The molecule has 60 valence electrons. The molecule has 0 heterocycles. The van der Waals surface area contributed by atoms with Crippen molar-refractivity contribution in [2.24, 2.45) is 5.73 Å². The number of rotatable bonds is 1. The maximum absolute atomic E-state index is 5.81. The quantitative estimate of drug-likeness (QED) is 0.794. The number of halogens is 2. The van der Waals surface area contributed by atoms with Gasteiger partial charge in [-0.2, -0.15) is 0 Å². The molecule has 0 radical (unpaired) electrons. The van der Waals surface area contributed by atoms with Gasteiger partial charge in [0.15, 0.2) is 0 Å². The zero-order valence-corrected chi connectivity index (χ0v) is 8.48. The van der Waals surface area contributed by atoms with Gasteiger partial charge in [-0.05, 0) is 30.7 Å². The zero-order valence-electron chi connectivity index (χ0n) is 6.14. The molecule has 1 atom stereocenters. The summed E-state index contributed by atoms with van der Waals surface area (Å²) in [5.41, 5.74) is 6.72. The largest absolute Gasteiger partial charge is 0.324 e. The second-order valence-electron chi connectivity index (χ2n) is 2.49. The highest BCUT2D eigenvalue weighted by Crippen LogP contribution is 2.22. The van der Waals surface area contributed by atoms with Crippen LogP contribution in [-0.2, 0) is 0 Å². The van der Waals surface area contributed by atoms with E-state index in [1.165, 1.54) is 0 Å². The molecule has 0 saturated carbocycles. The van der Waals surface area contributed by atoms with Gasteiger partial charge in [0.1, 0.15) is 0 Å². The Morgan fingerprint density at radius 1 is 1.45 bits per heavy atom. The third-order valence-electron chi connectivity index (χ3n) is 1.41. The molecule has 0 aliphatic carbocycles. The number of nitrogens with two attached hydrogens (primary N) is 1. The Hall–Kier alpha value is -0.0500. The van der Waals surface area contributed by atoms with E-state index in [4.69, 9.17) is 17.3 Å². The van der Waals surface area contributed by atoms with Crippen molar-refractivity contribution in [2.75, 3.05) is 0 Å². The lowest BCUT2D eigenvalue weighted by Gasteiger charge is -2.05. The molecule has 0 aliphatic rings. The van der Waals surface area contributed by atoms with Crippen molar-refractivity contribution in [3.63, 3.8) is 0 Å². The van der Waals surface area contributed by atoms with Gasteiger partial charge in [-0.1, -0.05) is 27.5 Å². The first-order valence-electron chi connectivity index (χ1n) is 3.31. The van der Waals surface area contributed by atoms with Crippen molar-refractivity contribution >= 4 is 27.5 Å². The highest BCUT2D eigenvalue weighted by atomic mass is 79.9. The molecule has 2 N–H and O–H groups in total. The van der Waals surface area contributed by atoms with Gasteiger partial charge in [-0.25, -0.2) is 0 Å². The Morgan fingerprint density at radius 3 is 2.55 bits per heavy atom. The molecular weight excluding hydrogens is 225 g/mol. The fraction of sp³-hybridized carbons (Fsp3) is 0.250. The number of benzene rings is 1. The molecule has 0 bridgehead atoms. The highest BCUT2D eigenvalue weighted by Gasteiger charge is 2.01. The van der Waals surface area contributed by atoms with E-state index in [1.54, 1.807) is 0 Å². The van der Waals surface area contributed by atoms with Gasteiger partial charge in [0.05, 0.1) is 0 Å². The van der Waals surface area contributed by atoms with Crippen LogP contribution in [0.2, 0.25) is 5.02 Å². The molecule has 3 heteroatoms. The predicted octanol–water partition coefficient (Wildman–Crippen LogP) is 3.12. The van der Waals surface area contributed by atoms with Crippen LogP contribution in [0.5, 0.6) is 0 Å². The van der Waals surface area contributed by atoms with Crippen LogP contribution in [0.15, 0.2) is 22.7 Å². The third-order valence-corrected chi connectivity index (χ3v) is 2.09. The van der Waals surface area contributed by atoms with Crippen molar-refractivity contribution in [3.05, 3.63) is 33.3 Å². The van der Waals surface area contributed by atoms with E-state index in [0.717, 1.165) is 10.0 Å². The smallest absolute Gasteiger partial charge is 0.0420 e. The molecule has 0 saturated heterocycles. The van der Waals surface area contributed by atoms with E-state index in [1.807, 2.05) is 25.1 Å². The van der Waals surface area contributed by atoms with Crippen LogP contribution in [0.25, 0.3) is 0 Å². The van der Waals surface area contributed by atoms with Crippen LogP contribution in [0.1, 0.15) is 18.5 Å². The lowest BCUT2D eigenvalue weighted by Crippen LogP contribution is -2.04. The normalized spacial score (nSPS) is 13.1. The Kier molecular flexibility index (Phi) is 2.93. The van der Waals surface area contributed by atoms with Gasteiger partial charge in [0.2, 0.25) is 0 Å². The second-order valence-corrected chi connectivity index (χ2v) is 3.84. The SMILES string of the molecule is C[C@H](N)c1cc(Cl)cc(Br)c1. The Morgan fingerprint density at radius 2 is 2.09 bits per heavy atom. The molecule has 1 aromatic rings. The first kappa shape index (κ1) is 9.04. The number of hydrogen-bond donors (Lipinski definition) is 1. The van der Waals surface area contributed by atoms with Crippen molar-refractivity contribution in [1.29, 1.82) is 0 Å². The Bertz CT molecular complexity index is 240. The van der Waals surface area contributed by atoms with Crippen LogP contribution in [0.3, 0.4) is 0 Å². The zero-order chi connectivity index (χ0) is 8.43. The summed E-state index contributed by atoms with van der Waals surface area (Å²) in [5, 5.41) is 0.715. The number of hydrogen-bond acceptors (Lipinski definition) is 1. The van der Waals surface area contributed by atoms with Gasteiger partial charge >= 0.3 is 0 Å². The van der Waals surface area contributed by atoms with E-state index in [-0.39, 0.29) is 6.04 Å². The molecular formula is C8H9BrClN. The summed E-state index contributed by atoms with van der Waals surface area (Å²) in [4.78, 5) is 0.